The van der Waals surface area contributed by atoms with Gasteiger partial charge in [-0.15, -0.1) is 0 Å². The number of carbonyl (C=O) groups is 1. The fraction of sp³-hybridized carbons (Fsp3) is 0.917. The lowest BCUT2D eigenvalue weighted by Crippen LogP contribution is -2.37. The quantitative estimate of drug-likeness (QED) is 0.468. The zero-order chi connectivity index (χ0) is 13.0. The summed E-state index contributed by atoms with van der Waals surface area (Å²) in [5.41, 5.74) is 8.28. The molecule has 1 aliphatic heterocycles. The summed E-state index contributed by atoms with van der Waals surface area (Å²) >= 11 is 0. The molecule has 18 heavy (non-hydrogen) atoms. The molecule has 1 N–H and O–H groups in total. The van der Waals surface area contributed by atoms with Gasteiger partial charge < -0.3 is 10.0 Å². The minimum atomic E-state index is -0.261. The molecule has 0 bridgehead atoms. The van der Waals surface area contributed by atoms with Crippen LogP contribution in [-0.2, 0) is 4.79 Å². The van der Waals surface area contributed by atoms with Crippen LogP contribution in [0.5, 0.6) is 0 Å². The molecule has 0 aromatic rings. The smallest absolute Gasteiger partial charge is 0.222 e. The van der Waals surface area contributed by atoms with Crippen molar-refractivity contribution in [1.82, 2.24) is 4.90 Å². The van der Waals surface area contributed by atoms with Crippen molar-refractivity contribution >= 4 is 5.91 Å². The molecule has 2 aliphatic rings. The molecular weight excluding hydrogens is 232 g/mol. The molecule has 2 rings (SSSR count). The average Bonchev–Trinajstić information content (AvgIpc) is 2.70. The number of aliphatic hydroxyl groups excluding tert-OH is 1. The Morgan fingerprint density at radius 2 is 2.22 bits per heavy atom. The molecule has 1 amide bonds. The van der Waals surface area contributed by atoms with Crippen LogP contribution in [0.4, 0.5) is 0 Å². The van der Waals surface area contributed by atoms with Gasteiger partial charge in [-0.3, -0.25) is 4.79 Å². The van der Waals surface area contributed by atoms with E-state index in [0.29, 0.717) is 26.1 Å². The number of hydrogen-bond donors (Lipinski definition) is 1. The first-order chi connectivity index (χ1) is 8.70. The number of carbonyl (C=O) groups excluding carboxylic acids is 1. The van der Waals surface area contributed by atoms with Crippen LogP contribution in [0.15, 0.2) is 5.11 Å². The summed E-state index contributed by atoms with van der Waals surface area (Å²) < 4.78 is 0. The Hall–Kier alpha value is -1.26. The number of rotatable bonds is 4. The van der Waals surface area contributed by atoms with Crippen molar-refractivity contribution in [2.75, 3.05) is 19.6 Å². The number of aliphatic hydroxyl groups is 1. The van der Waals surface area contributed by atoms with Crippen molar-refractivity contribution in [3.05, 3.63) is 10.4 Å². The van der Waals surface area contributed by atoms with Gasteiger partial charge in [0.2, 0.25) is 5.91 Å². The van der Waals surface area contributed by atoms with Gasteiger partial charge in [0.05, 0.1) is 6.10 Å². The van der Waals surface area contributed by atoms with Crippen LogP contribution in [0.1, 0.15) is 32.1 Å². The highest BCUT2D eigenvalue weighted by Crippen LogP contribution is 2.27. The molecule has 6 nitrogen and oxygen atoms in total. The largest absolute Gasteiger partial charge is 0.393 e. The van der Waals surface area contributed by atoms with Crippen molar-refractivity contribution in [2.45, 2.75) is 38.2 Å². The summed E-state index contributed by atoms with van der Waals surface area (Å²) in [7, 11) is 0. The molecule has 3 unspecified atom stereocenters. The summed E-state index contributed by atoms with van der Waals surface area (Å²) in [6, 6.07) is 0. The highest BCUT2D eigenvalue weighted by Gasteiger charge is 2.33. The van der Waals surface area contributed by atoms with Crippen molar-refractivity contribution in [2.24, 2.45) is 17.0 Å². The molecule has 0 radical (unpaired) electrons. The highest BCUT2D eigenvalue weighted by molar-refractivity contribution is 5.78. The van der Waals surface area contributed by atoms with Gasteiger partial charge in [-0.1, -0.05) is 18.0 Å². The Kier molecular flexibility index (Phi) is 4.44. The Morgan fingerprint density at radius 3 is 2.94 bits per heavy atom. The lowest BCUT2D eigenvalue weighted by molar-refractivity contribution is -0.129. The number of azide groups is 1. The van der Waals surface area contributed by atoms with Gasteiger partial charge in [-0.25, -0.2) is 0 Å². The van der Waals surface area contributed by atoms with Gasteiger partial charge in [0.1, 0.15) is 0 Å². The first-order valence-electron chi connectivity index (χ1n) is 6.67. The second kappa shape index (κ2) is 6.07. The molecule has 100 valence electrons. The van der Waals surface area contributed by atoms with E-state index in [0.717, 1.165) is 25.7 Å². The highest BCUT2D eigenvalue weighted by atomic mass is 16.3. The predicted octanol–water partition coefficient (Wildman–Crippen LogP) is 1.70. The molecular formula is C12H20N4O2. The molecule has 1 saturated carbocycles. The average molecular weight is 252 g/mol. The molecule has 0 spiro atoms. The maximum atomic E-state index is 11.8. The summed E-state index contributed by atoms with van der Waals surface area (Å²) in [6.45, 7) is 1.72. The molecule has 0 aromatic heterocycles. The van der Waals surface area contributed by atoms with Gasteiger partial charge >= 0.3 is 0 Å². The third kappa shape index (κ3) is 3.15. The maximum absolute atomic E-state index is 11.8. The molecule has 3 atom stereocenters. The third-order valence-electron chi connectivity index (χ3n) is 4.02. The summed E-state index contributed by atoms with van der Waals surface area (Å²) in [5, 5.41) is 13.5. The topological polar surface area (TPSA) is 89.3 Å². The monoisotopic (exact) mass is 252 g/mol. The Morgan fingerprint density at radius 1 is 1.44 bits per heavy atom. The number of nitrogens with zero attached hydrogens (tertiary/aromatic N) is 4. The SMILES string of the molecule is [N-]=[N+]=NCC1CC(=O)N(CC2CCCCC2O)C1. The van der Waals surface area contributed by atoms with E-state index in [4.69, 9.17) is 5.53 Å². The Labute approximate surface area is 107 Å². The van der Waals surface area contributed by atoms with E-state index in [2.05, 4.69) is 10.0 Å². The maximum Gasteiger partial charge on any atom is 0.222 e. The lowest BCUT2D eigenvalue weighted by Gasteiger charge is -2.31. The van der Waals surface area contributed by atoms with E-state index in [1.54, 1.807) is 0 Å². The zero-order valence-electron chi connectivity index (χ0n) is 10.5. The van der Waals surface area contributed by atoms with Crippen molar-refractivity contribution in [3.63, 3.8) is 0 Å². The van der Waals surface area contributed by atoms with E-state index in [9.17, 15) is 9.90 Å². The van der Waals surface area contributed by atoms with Gasteiger partial charge in [0.15, 0.2) is 0 Å². The van der Waals surface area contributed by atoms with Crippen LogP contribution in [-0.4, -0.2) is 41.7 Å². The predicted molar refractivity (Wildman–Crippen MR) is 66.7 cm³/mol. The van der Waals surface area contributed by atoms with Gasteiger partial charge in [0.25, 0.3) is 0 Å². The second-order valence-corrected chi connectivity index (χ2v) is 5.39. The minimum Gasteiger partial charge on any atom is -0.393 e. The zero-order valence-corrected chi connectivity index (χ0v) is 10.5. The fourth-order valence-corrected chi connectivity index (χ4v) is 2.99. The first kappa shape index (κ1) is 13.2. The van der Waals surface area contributed by atoms with E-state index in [1.807, 2.05) is 4.90 Å². The molecule has 0 aromatic carbocycles. The van der Waals surface area contributed by atoms with Crippen molar-refractivity contribution in [3.8, 4) is 0 Å². The standard InChI is InChI=1S/C12H20N4O2/c13-15-14-6-9-5-12(18)16(7-9)8-10-3-1-2-4-11(10)17/h9-11,17H,1-8H2. The van der Waals surface area contributed by atoms with E-state index < -0.39 is 0 Å². The normalized spacial score (nSPS) is 32.4. The van der Waals surface area contributed by atoms with Crippen LogP contribution in [0.2, 0.25) is 0 Å². The summed E-state index contributed by atoms with van der Waals surface area (Å²) in [4.78, 5) is 16.4. The second-order valence-electron chi connectivity index (χ2n) is 5.39. The van der Waals surface area contributed by atoms with E-state index in [-0.39, 0.29) is 23.8 Å². The first-order valence-corrected chi connectivity index (χ1v) is 6.67. The van der Waals surface area contributed by atoms with Crippen LogP contribution in [0, 0.1) is 11.8 Å². The minimum absolute atomic E-state index is 0.130. The number of likely N-dealkylation sites (tertiary alicyclic amines) is 1. The fourth-order valence-electron chi connectivity index (χ4n) is 2.99. The van der Waals surface area contributed by atoms with Crippen molar-refractivity contribution < 1.29 is 9.90 Å². The molecule has 6 heteroatoms. The Balaban J connectivity index is 1.85. The van der Waals surface area contributed by atoms with Crippen molar-refractivity contribution in [1.29, 1.82) is 0 Å². The van der Waals surface area contributed by atoms with Crippen LogP contribution in [0.3, 0.4) is 0 Å². The van der Waals surface area contributed by atoms with Crippen LogP contribution < -0.4 is 0 Å². The van der Waals surface area contributed by atoms with Gasteiger partial charge in [0, 0.05) is 36.9 Å². The molecule has 1 heterocycles. The van der Waals surface area contributed by atoms with Crippen LogP contribution in [0.25, 0.3) is 10.4 Å². The van der Waals surface area contributed by atoms with Gasteiger partial charge in [-0.2, -0.15) is 0 Å². The van der Waals surface area contributed by atoms with Gasteiger partial charge in [-0.05, 0) is 24.3 Å². The summed E-state index contributed by atoms with van der Waals surface area (Å²) in [6.07, 6.45) is 4.31. The molecule has 2 fully saturated rings. The third-order valence-corrected chi connectivity index (χ3v) is 4.02. The summed E-state index contributed by atoms with van der Waals surface area (Å²) in [5.74, 6) is 0.501. The molecule has 1 aliphatic carbocycles. The van der Waals surface area contributed by atoms with E-state index >= 15 is 0 Å². The van der Waals surface area contributed by atoms with Crippen LogP contribution >= 0.6 is 0 Å². The molecule has 1 saturated heterocycles. The number of amides is 1. The Bertz CT molecular complexity index is 354. The van der Waals surface area contributed by atoms with E-state index in [1.165, 1.54) is 0 Å². The number of hydrogen-bond acceptors (Lipinski definition) is 3. The lowest BCUT2D eigenvalue weighted by atomic mass is 9.86.